The predicted molar refractivity (Wildman–Crippen MR) is 82.1 cm³/mol. The van der Waals surface area contributed by atoms with Crippen molar-refractivity contribution in [1.82, 2.24) is 5.32 Å². The second-order valence-electron chi connectivity index (χ2n) is 4.23. The van der Waals surface area contributed by atoms with Gasteiger partial charge in [-0.1, -0.05) is 32.9 Å². The van der Waals surface area contributed by atoms with E-state index in [1.165, 1.54) is 27.7 Å². The molecule has 1 aromatic rings. The molecular weight excluding hydrogens is 246 g/mol. The van der Waals surface area contributed by atoms with Gasteiger partial charge in [0.25, 0.3) is 0 Å². The Morgan fingerprint density at radius 1 is 1.24 bits per heavy atom. The molecule has 17 heavy (non-hydrogen) atoms. The molecule has 0 radical (unpaired) electrons. The smallest absolute Gasteiger partial charge is 0.0208 e. The van der Waals surface area contributed by atoms with Gasteiger partial charge in [0.15, 0.2) is 0 Å². The van der Waals surface area contributed by atoms with Gasteiger partial charge >= 0.3 is 0 Å². The summed E-state index contributed by atoms with van der Waals surface area (Å²) in [5.41, 5.74) is 1.38. The molecule has 0 heterocycles. The van der Waals surface area contributed by atoms with Crippen LogP contribution in [0.4, 0.5) is 0 Å². The van der Waals surface area contributed by atoms with E-state index in [0.717, 1.165) is 6.54 Å². The van der Waals surface area contributed by atoms with Crippen molar-refractivity contribution < 1.29 is 0 Å². The predicted octanol–water partition coefficient (Wildman–Crippen LogP) is 4.03. The lowest BCUT2D eigenvalue weighted by Crippen LogP contribution is -2.21. The van der Waals surface area contributed by atoms with Gasteiger partial charge in [-0.2, -0.15) is 11.8 Å². The second-order valence-corrected chi connectivity index (χ2v) is 6.79. The standard InChI is InChI=1S/C14H23NS2/c1-4-16-8-9-17-14-7-5-6-13(10-14)11-15-12(2)3/h5-7,10,12,15H,4,8-9,11H2,1-3H3. The van der Waals surface area contributed by atoms with Gasteiger partial charge in [0.1, 0.15) is 0 Å². The van der Waals surface area contributed by atoms with Gasteiger partial charge in [-0.25, -0.2) is 0 Å². The van der Waals surface area contributed by atoms with Gasteiger partial charge in [-0.3, -0.25) is 0 Å². The summed E-state index contributed by atoms with van der Waals surface area (Å²) >= 11 is 3.97. The van der Waals surface area contributed by atoms with Crippen LogP contribution in [-0.4, -0.2) is 23.3 Å². The summed E-state index contributed by atoms with van der Waals surface area (Å²) in [4.78, 5) is 1.39. The van der Waals surface area contributed by atoms with E-state index in [0.29, 0.717) is 6.04 Å². The molecule has 0 amide bonds. The molecule has 0 spiro atoms. The molecular formula is C14H23NS2. The first kappa shape index (κ1) is 14.9. The third-order valence-electron chi connectivity index (χ3n) is 2.31. The average molecular weight is 269 g/mol. The first-order valence-corrected chi connectivity index (χ1v) is 8.39. The largest absolute Gasteiger partial charge is 0.310 e. The number of nitrogens with one attached hydrogen (secondary N) is 1. The van der Waals surface area contributed by atoms with Gasteiger partial charge in [0.05, 0.1) is 0 Å². The van der Waals surface area contributed by atoms with Crippen molar-refractivity contribution in [2.45, 2.75) is 38.3 Å². The summed E-state index contributed by atoms with van der Waals surface area (Å²) in [6.45, 7) is 7.55. The van der Waals surface area contributed by atoms with E-state index in [-0.39, 0.29) is 0 Å². The van der Waals surface area contributed by atoms with E-state index in [4.69, 9.17) is 0 Å². The number of hydrogen-bond acceptors (Lipinski definition) is 3. The molecule has 96 valence electrons. The Balaban J connectivity index is 2.37. The Hall–Kier alpha value is -0.120. The minimum Gasteiger partial charge on any atom is -0.310 e. The Kier molecular flexibility index (Phi) is 7.82. The minimum absolute atomic E-state index is 0.548. The second kappa shape index (κ2) is 8.90. The topological polar surface area (TPSA) is 12.0 Å². The van der Waals surface area contributed by atoms with E-state index < -0.39 is 0 Å². The van der Waals surface area contributed by atoms with Crippen LogP contribution < -0.4 is 5.32 Å². The first-order valence-electron chi connectivity index (χ1n) is 6.25. The van der Waals surface area contributed by atoms with Crippen molar-refractivity contribution in [2.75, 3.05) is 17.3 Å². The Labute approximate surface area is 114 Å². The van der Waals surface area contributed by atoms with Crippen LogP contribution in [-0.2, 0) is 6.54 Å². The van der Waals surface area contributed by atoms with Crippen molar-refractivity contribution in [3.05, 3.63) is 29.8 Å². The van der Waals surface area contributed by atoms with E-state index >= 15 is 0 Å². The van der Waals surface area contributed by atoms with Crippen LogP contribution in [0.3, 0.4) is 0 Å². The van der Waals surface area contributed by atoms with Crippen molar-refractivity contribution in [1.29, 1.82) is 0 Å². The maximum Gasteiger partial charge on any atom is 0.0208 e. The maximum absolute atomic E-state index is 3.45. The third-order valence-corrected chi connectivity index (χ3v) is 4.47. The van der Waals surface area contributed by atoms with Crippen LogP contribution in [0.25, 0.3) is 0 Å². The molecule has 0 atom stereocenters. The van der Waals surface area contributed by atoms with Crippen molar-refractivity contribution >= 4 is 23.5 Å². The summed E-state index contributed by atoms with van der Waals surface area (Å²) in [7, 11) is 0. The summed E-state index contributed by atoms with van der Waals surface area (Å²) in [5, 5.41) is 3.45. The summed E-state index contributed by atoms with van der Waals surface area (Å²) < 4.78 is 0. The Morgan fingerprint density at radius 3 is 2.76 bits per heavy atom. The number of rotatable bonds is 8. The molecule has 0 aliphatic carbocycles. The Morgan fingerprint density at radius 2 is 2.06 bits per heavy atom. The van der Waals surface area contributed by atoms with Crippen LogP contribution in [0.5, 0.6) is 0 Å². The monoisotopic (exact) mass is 269 g/mol. The molecule has 0 bridgehead atoms. The molecule has 1 N–H and O–H groups in total. The zero-order valence-corrected chi connectivity index (χ0v) is 12.7. The number of hydrogen-bond donors (Lipinski definition) is 1. The highest BCUT2D eigenvalue weighted by atomic mass is 32.2. The molecule has 1 aromatic carbocycles. The van der Waals surface area contributed by atoms with Crippen LogP contribution >= 0.6 is 23.5 Å². The molecule has 0 saturated heterocycles. The molecule has 0 saturated carbocycles. The lowest BCUT2D eigenvalue weighted by Gasteiger charge is -2.09. The van der Waals surface area contributed by atoms with Crippen LogP contribution in [0.1, 0.15) is 26.3 Å². The molecule has 1 nitrogen and oxygen atoms in total. The average Bonchev–Trinajstić information content (AvgIpc) is 2.33. The van der Waals surface area contributed by atoms with Crippen molar-refractivity contribution in [3.63, 3.8) is 0 Å². The van der Waals surface area contributed by atoms with E-state index in [2.05, 4.69) is 50.4 Å². The zero-order valence-electron chi connectivity index (χ0n) is 11.0. The highest BCUT2D eigenvalue weighted by Crippen LogP contribution is 2.20. The molecule has 1 rings (SSSR count). The van der Waals surface area contributed by atoms with Crippen LogP contribution in [0, 0.1) is 0 Å². The lowest BCUT2D eigenvalue weighted by atomic mass is 10.2. The highest BCUT2D eigenvalue weighted by molar-refractivity contribution is 8.02. The fourth-order valence-electron chi connectivity index (χ4n) is 1.43. The van der Waals surface area contributed by atoms with Gasteiger partial charge < -0.3 is 5.32 Å². The third kappa shape index (κ3) is 7.02. The molecule has 0 fully saturated rings. The van der Waals surface area contributed by atoms with Gasteiger partial charge in [0, 0.05) is 29.0 Å². The van der Waals surface area contributed by atoms with Gasteiger partial charge in [0.2, 0.25) is 0 Å². The molecule has 0 aliphatic heterocycles. The normalized spacial score (nSPS) is 11.1. The minimum atomic E-state index is 0.548. The van der Waals surface area contributed by atoms with Crippen LogP contribution in [0.15, 0.2) is 29.2 Å². The molecule has 0 unspecified atom stereocenters. The quantitative estimate of drug-likeness (QED) is 0.565. The van der Waals surface area contributed by atoms with E-state index in [9.17, 15) is 0 Å². The molecule has 0 aliphatic rings. The van der Waals surface area contributed by atoms with Crippen LogP contribution in [0.2, 0.25) is 0 Å². The summed E-state index contributed by atoms with van der Waals surface area (Å²) in [6, 6.07) is 9.41. The Bertz CT molecular complexity index is 313. The first-order chi connectivity index (χ1) is 8.22. The maximum atomic E-state index is 3.45. The van der Waals surface area contributed by atoms with Crippen molar-refractivity contribution in [2.24, 2.45) is 0 Å². The van der Waals surface area contributed by atoms with E-state index in [1.54, 1.807) is 0 Å². The number of thioether (sulfide) groups is 2. The zero-order chi connectivity index (χ0) is 12.5. The summed E-state index contributed by atoms with van der Waals surface area (Å²) in [6.07, 6.45) is 0. The lowest BCUT2D eigenvalue weighted by molar-refractivity contribution is 0.588. The fourth-order valence-corrected chi connectivity index (χ4v) is 3.17. The van der Waals surface area contributed by atoms with Crippen molar-refractivity contribution in [3.8, 4) is 0 Å². The molecule has 0 aromatic heterocycles. The summed E-state index contributed by atoms with van der Waals surface area (Å²) in [5.74, 6) is 3.67. The van der Waals surface area contributed by atoms with Gasteiger partial charge in [-0.05, 0) is 23.4 Å². The highest BCUT2D eigenvalue weighted by Gasteiger charge is 1.98. The van der Waals surface area contributed by atoms with E-state index in [1.807, 2.05) is 23.5 Å². The number of benzene rings is 1. The SMILES string of the molecule is CCSCCSc1cccc(CNC(C)C)c1. The van der Waals surface area contributed by atoms with Gasteiger partial charge in [-0.15, -0.1) is 11.8 Å². The fraction of sp³-hybridized carbons (Fsp3) is 0.571. The molecule has 3 heteroatoms.